The molecule has 2 aromatic carbocycles. The fourth-order valence-corrected chi connectivity index (χ4v) is 3.45. The Bertz CT molecular complexity index is 800. The van der Waals surface area contributed by atoms with E-state index >= 15 is 0 Å². The summed E-state index contributed by atoms with van der Waals surface area (Å²) in [5.41, 5.74) is 2.80. The molecule has 2 aromatic rings. The minimum Gasteiger partial charge on any atom is -0.205 e. The van der Waals surface area contributed by atoms with Crippen LogP contribution in [0.2, 0.25) is 5.02 Å². The van der Waals surface area contributed by atoms with Crippen molar-refractivity contribution in [2.75, 3.05) is 0 Å². The van der Waals surface area contributed by atoms with Gasteiger partial charge in [0.15, 0.2) is 0 Å². The van der Waals surface area contributed by atoms with Gasteiger partial charge in [-0.15, -0.1) is 0 Å². The van der Waals surface area contributed by atoms with Crippen molar-refractivity contribution >= 4 is 11.6 Å². The number of hydrogen-bond acceptors (Lipinski definition) is 0. The molecule has 1 fully saturated rings. The van der Waals surface area contributed by atoms with E-state index in [1.807, 2.05) is 30.3 Å². The summed E-state index contributed by atoms with van der Waals surface area (Å²) in [7, 11) is 0. The van der Waals surface area contributed by atoms with Crippen LogP contribution >= 0.6 is 11.6 Å². The molecule has 25 heavy (non-hydrogen) atoms. The molecular weight excluding hydrogens is 331 g/mol. The van der Waals surface area contributed by atoms with Crippen LogP contribution in [-0.2, 0) is 0 Å². The second-order valence-corrected chi connectivity index (χ2v) is 7.02. The zero-order chi connectivity index (χ0) is 17.6. The molecular formula is C23H22ClF. The normalized spacial score (nSPS) is 20.3. The largest absolute Gasteiger partial charge is 0.205 e. The third kappa shape index (κ3) is 4.74. The van der Waals surface area contributed by atoms with E-state index in [0.29, 0.717) is 5.92 Å². The van der Waals surface area contributed by atoms with Gasteiger partial charge >= 0.3 is 0 Å². The van der Waals surface area contributed by atoms with Gasteiger partial charge in [0.1, 0.15) is 5.82 Å². The van der Waals surface area contributed by atoms with Crippen LogP contribution in [0.3, 0.4) is 0 Å². The van der Waals surface area contributed by atoms with E-state index in [0.717, 1.165) is 22.6 Å². The molecule has 0 saturated heterocycles. The maximum Gasteiger partial charge on any atom is 0.142 e. The average Bonchev–Trinajstić information content (AvgIpc) is 2.64. The Morgan fingerprint density at radius 1 is 1.00 bits per heavy atom. The van der Waals surface area contributed by atoms with Gasteiger partial charge in [0, 0.05) is 11.5 Å². The van der Waals surface area contributed by atoms with E-state index in [2.05, 4.69) is 30.9 Å². The summed E-state index contributed by atoms with van der Waals surface area (Å²) in [6.45, 7) is 2.09. The smallest absolute Gasteiger partial charge is 0.142 e. The van der Waals surface area contributed by atoms with Crippen LogP contribution < -0.4 is 0 Å². The highest BCUT2D eigenvalue weighted by Crippen LogP contribution is 2.29. The standard InChI is InChI=1S/C23H22ClF/c1-2-3-17-4-6-18(7-5-17)8-9-19-10-12-20(13-11-19)21-14-15-22(24)23(25)16-21/h2-3,10-18H,4-7H2,1H3/b3-2+/t17-,18-. The highest BCUT2D eigenvalue weighted by Gasteiger charge is 2.17. The molecule has 0 bridgehead atoms. The second kappa shape index (κ2) is 8.37. The topological polar surface area (TPSA) is 0 Å². The molecule has 1 aliphatic rings. The Hall–Kier alpha value is -2.04. The Kier molecular flexibility index (Phi) is 5.95. The van der Waals surface area contributed by atoms with Crippen molar-refractivity contribution in [2.45, 2.75) is 32.6 Å². The van der Waals surface area contributed by atoms with Crippen molar-refractivity contribution in [3.8, 4) is 23.0 Å². The first kappa shape index (κ1) is 17.8. The van der Waals surface area contributed by atoms with Crippen molar-refractivity contribution in [1.82, 2.24) is 0 Å². The number of halogens is 2. The van der Waals surface area contributed by atoms with Crippen LogP contribution in [0.4, 0.5) is 4.39 Å². The molecule has 0 unspecified atom stereocenters. The molecule has 1 aliphatic carbocycles. The van der Waals surface area contributed by atoms with Gasteiger partial charge in [0.2, 0.25) is 0 Å². The van der Waals surface area contributed by atoms with Crippen LogP contribution in [0.5, 0.6) is 0 Å². The highest BCUT2D eigenvalue weighted by molar-refractivity contribution is 6.30. The molecule has 0 heterocycles. The maximum absolute atomic E-state index is 13.6. The number of hydrogen-bond donors (Lipinski definition) is 0. The van der Waals surface area contributed by atoms with E-state index in [1.54, 1.807) is 6.07 Å². The maximum atomic E-state index is 13.6. The molecule has 0 spiro atoms. The van der Waals surface area contributed by atoms with Crippen LogP contribution in [0.25, 0.3) is 11.1 Å². The van der Waals surface area contributed by atoms with Gasteiger partial charge < -0.3 is 0 Å². The quantitative estimate of drug-likeness (QED) is 0.408. The average molecular weight is 353 g/mol. The summed E-state index contributed by atoms with van der Waals surface area (Å²) in [4.78, 5) is 0. The molecule has 1 saturated carbocycles. The molecule has 0 radical (unpaired) electrons. The van der Waals surface area contributed by atoms with Gasteiger partial charge in [0.25, 0.3) is 0 Å². The molecule has 3 rings (SSSR count). The van der Waals surface area contributed by atoms with Crippen molar-refractivity contribution < 1.29 is 4.39 Å². The van der Waals surface area contributed by atoms with Crippen LogP contribution in [0.15, 0.2) is 54.6 Å². The lowest BCUT2D eigenvalue weighted by atomic mass is 9.82. The molecule has 128 valence electrons. The van der Waals surface area contributed by atoms with Crippen molar-refractivity contribution in [3.05, 3.63) is 71.0 Å². The zero-order valence-electron chi connectivity index (χ0n) is 14.4. The minimum absolute atomic E-state index is 0.149. The van der Waals surface area contributed by atoms with Gasteiger partial charge in [-0.1, -0.05) is 53.8 Å². The third-order valence-corrected chi connectivity index (χ3v) is 5.10. The fourth-order valence-electron chi connectivity index (χ4n) is 3.34. The first-order valence-electron chi connectivity index (χ1n) is 8.85. The van der Waals surface area contributed by atoms with E-state index in [9.17, 15) is 4.39 Å². The summed E-state index contributed by atoms with van der Waals surface area (Å²) in [5, 5.41) is 0.149. The monoisotopic (exact) mass is 352 g/mol. The first-order chi connectivity index (χ1) is 12.2. The molecule has 0 aliphatic heterocycles. The second-order valence-electron chi connectivity index (χ2n) is 6.61. The lowest BCUT2D eigenvalue weighted by Gasteiger charge is -2.22. The predicted octanol–water partition coefficient (Wildman–Crippen LogP) is 6.88. The van der Waals surface area contributed by atoms with Gasteiger partial charge in [0.05, 0.1) is 5.02 Å². The lowest BCUT2D eigenvalue weighted by Crippen LogP contribution is -2.11. The highest BCUT2D eigenvalue weighted by atomic mass is 35.5. The zero-order valence-corrected chi connectivity index (χ0v) is 15.2. The summed E-state index contributed by atoms with van der Waals surface area (Å²) < 4.78 is 13.6. The van der Waals surface area contributed by atoms with Gasteiger partial charge in [-0.2, -0.15) is 0 Å². The first-order valence-corrected chi connectivity index (χ1v) is 9.23. The third-order valence-electron chi connectivity index (χ3n) is 4.79. The van der Waals surface area contributed by atoms with E-state index in [4.69, 9.17) is 11.6 Å². The van der Waals surface area contributed by atoms with Gasteiger partial charge in [-0.05, 0) is 73.9 Å². The van der Waals surface area contributed by atoms with E-state index in [1.165, 1.54) is 31.7 Å². The fraction of sp³-hybridized carbons (Fsp3) is 0.304. The minimum atomic E-state index is -0.392. The molecule has 0 N–H and O–H groups in total. The summed E-state index contributed by atoms with van der Waals surface area (Å²) in [6, 6.07) is 12.8. The van der Waals surface area contributed by atoms with Crippen molar-refractivity contribution in [1.29, 1.82) is 0 Å². The summed E-state index contributed by atoms with van der Waals surface area (Å²) in [6.07, 6.45) is 9.33. The summed E-state index contributed by atoms with van der Waals surface area (Å²) >= 11 is 5.74. The Balaban J connectivity index is 1.65. The van der Waals surface area contributed by atoms with Crippen molar-refractivity contribution in [2.24, 2.45) is 11.8 Å². The van der Waals surface area contributed by atoms with Gasteiger partial charge in [-0.3, -0.25) is 0 Å². The molecule has 0 nitrogen and oxygen atoms in total. The number of rotatable bonds is 2. The number of allylic oxidation sites excluding steroid dienone is 2. The van der Waals surface area contributed by atoms with Crippen LogP contribution in [0, 0.1) is 29.5 Å². The Morgan fingerprint density at radius 3 is 2.32 bits per heavy atom. The summed E-state index contributed by atoms with van der Waals surface area (Å²) in [5.74, 6) is 7.57. The van der Waals surface area contributed by atoms with Gasteiger partial charge in [-0.25, -0.2) is 4.39 Å². The van der Waals surface area contributed by atoms with Crippen LogP contribution in [0.1, 0.15) is 38.2 Å². The molecule has 2 heteroatoms. The molecule has 0 amide bonds. The predicted molar refractivity (Wildman–Crippen MR) is 104 cm³/mol. The number of benzene rings is 2. The Labute approximate surface area is 154 Å². The lowest BCUT2D eigenvalue weighted by molar-refractivity contribution is 0.364. The van der Waals surface area contributed by atoms with E-state index < -0.39 is 5.82 Å². The Morgan fingerprint density at radius 2 is 1.68 bits per heavy atom. The molecule has 0 aromatic heterocycles. The van der Waals surface area contributed by atoms with Crippen LogP contribution in [-0.4, -0.2) is 0 Å². The van der Waals surface area contributed by atoms with E-state index in [-0.39, 0.29) is 5.02 Å². The SMILES string of the molecule is C/C=C/[C@H]1CC[C@H](C#Cc2ccc(-c3ccc(Cl)c(F)c3)cc2)CC1. The van der Waals surface area contributed by atoms with Crippen molar-refractivity contribution in [3.63, 3.8) is 0 Å². The molecule has 0 atom stereocenters.